The number of carboxylic acid groups (broad SMARTS) is 1. The van der Waals surface area contributed by atoms with E-state index in [4.69, 9.17) is 9.63 Å². The summed E-state index contributed by atoms with van der Waals surface area (Å²) in [5, 5.41) is 8.33. The number of carboxylic acids is 1. The molecule has 0 aliphatic heterocycles. The number of unbranched alkanes of at least 4 members (excludes halogenated alkanes) is 1. The Morgan fingerprint density at radius 3 is 2.73 bits per heavy atom. The van der Waals surface area contributed by atoms with Crippen LogP contribution in [0.2, 0.25) is 0 Å². The highest BCUT2D eigenvalue weighted by molar-refractivity contribution is 7.47. The van der Waals surface area contributed by atoms with Gasteiger partial charge in [-0.3, -0.25) is 0 Å². The molecule has 0 aromatic heterocycles. The van der Waals surface area contributed by atoms with Gasteiger partial charge in [-0.15, -0.1) is 0 Å². The van der Waals surface area contributed by atoms with E-state index < -0.39 is 14.0 Å². The fraction of sp³-hybridized carbons (Fsp3) is 0.800. The zero-order chi connectivity index (χ0) is 11.7. The smallest absolute Gasteiger partial charge is 0.373 e. The van der Waals surface area contributed by atoms with Gasteiger partial charge in [-0.25, -0.2) is 4.79 Å². The van der Waals surface area contributed by atoms with Gasteiger partial charge in [0.25, 0.3) is 0 Å². The molecule has 4 nitrogen and oxygen atoms in total. The Kier molecular flexibility index (Phi) is 8.58. The van der Waals surface area contributed by atoms with Crippen LogP contribution >= 0.6 is 8.00 Å². The first-order chi connectivity index (χ1) is 7.10. The molecule has 0 fully saturated rings. The maximum absolute atomic E-state index is 11.0. The van der Waals surface area contributed by atoms with E-state index >= 15 is 0 Å². The van der Waals surface area contributed by atoms with Gasteiger partial charge >= 0.3 is 5.97 Å². The van der Waals surface area contributed by atoms with Crippen LogP contribution in [0.4, 0.5) is 0 Å². The van der Waals surface area contributed by atoms with Crippen LogP contribution in [0.3, 0.4) is 0 Å². The Morgan fingerprint density at radius 2 is 2.27 bits per heavy atom. The lowest BCUT2D eigenvalue weighted by Crippen LogP contribution is -2.09. The molecule has 0 aromatic carbocycles. The monoisotopic (exact) mass is 234 g/mol. The molecule has 0 rings (SSSR count). The number of rotatable bonds is 8. The molecule has 0 radical (unpaired) electrons. The first kappa shape index (κ1) is 14.6. The average molecular weight is 234 g/mol. The van der Waals surface area contributed by atoms with Crippen LogP contribution in [0.5, 0.6) is 0 Å². The topological polar surface area (TPSA) is 69.6 Å². The van der Waals surface area contributed by atoms with E-state index in [0.29, 0.717) is 18.3 Å². The van der Waals surface area contributed by atoms with E-state index in [2.05, 4.69) is 13.8 Å². The second-order valence-corrected chi connectivity index (χ2v) is 4.55. The van der Waals surface area contributed by atoms with Crippen molar-refractivity contribution in [2.75, 3.05) is 6.61 Å². The third kappa shape index (κ3) is 8.55. The van der Waals surface area contributed by atoms with E-state index in [1.54, 1.807) is 0 Å². The Hall–Kier alpha value is -0.440. The van der Waals surface area contributed by atoms with E-state index in [1.807, 2.05) is 0 Å². The first-order valence-corrected chi connectivity index (χ1v) is 6.51. The summed E-state index contributed by atoms with van der Waals surface area (Å²) in [6.07, 6.45) is 4.27. The number of aliphatic carboxylic acids is 1. The molecule has 15 heavy (non-hydrogen) atoms. The fourth-order valence-electron chi connectivity index (χ4n) is 1.20. The Morgan fingerprint density at radius 1 is 1.60 bits per heavy atom. The second-order valence-electron chi connectivity index (χ2n) is 3.46. The summed E-state index contributed by atoms with van der Waals surface area (Å²) in [6, 6.07) is 0. The van der Waals surface area contributed by atoms with E-state index in [9.17, 15) is 9.69 Å². The molecule has 0 aliphatic rings. The van der Waals surface area contributed by atoms with Crippen molar-refractivity contribution in [2.45, 2.75) is 39.5 Å². The average Bonchev–Trinajstić information content (AvgIpc) is 2.17. The van der Waals surface area contributed by atoms with Gasteiger partial charge in [0.1, 0.15) is 6.61 Å². The predicted octanol–water partition coefficient (Wildman–Crippen LogP) is 1.78. The molecule has 0 amide bonds. The fourth-order valence-corrected chi connectivity index (χ4v) is 1.82. The van der Waals surface area contributed by atoms with Gasteiger partial charge in [0.15, 0.2) is 0 Å². The minimum atomic E-state index is -2.15. The Balaban J connectivity index is 3.84. The molecule has 88 valence electrons. The molecule has 0 bridgehead atoms. The minimum absolute atomic E-state index is 0.381. The summed E-state index contributed by atoms with van der Waals surface area (Å²) < 4.78 is 4.98. The van der Waals surface area contributed by atoms with Gasteiger partial charge in [0.05, 0.1) is 0 Å². The molecule has 2 atom stereocenters. The molecule has 0 heterocycles. The lowest BCUT2D eigenvalue weighted by atomic mass is 10.0. The molecular weight excluding hydrogens is 215 g/mol. The quantitative estimate of drug-likeness (QED) is 0.650. The highest BCUT2D eigenvalue weighted by Crippen LogP contribution is 2.19. The molecule has 1 N–H and O–H groups in total. The van der Waals surface area contributed by atoms with E-state index in [0.717, 1.165) is 25.7 Å². The summed E-state index contributed by atoms with van der Waals surface area (Å²) in [4.78, 5) is 21.2. The van der Waals surface area contributed by atoms with E-state index in [-0.39, 0.29) is 0 Å². The van der Waals surface area contributed by atoms with Crippen LogP contribution < -0.4 is 4.89 Å². The number of hydrogen-bond acceptors (Lipinski definition) is 3. The van der Waals surface area contributed by atoms with Crippen LogP contribution in [-0.2, 0) is 9.32 Å². The normalized spacial score (nSPS) is 13.9. The highest BCUT2D eigenvalue weighted by atomic mass is 31.1. The van der Waals surface area contributed by atoms with Crippen LogP contribution in [0, 0.1) is 5.92 Å². The van der Waals surface area contributed by atoms with Crippen LogP contribution in [0.1, 0.15) is 39.5 Å². The molecule has 2 unspecified atom stereocenters. The zero-order valence-electron chi connectivity index (χ0n) is 9.31. The SMILES string of the molecule is CCCCC(CC)CO/[P+]([O-])=C/C(=O)O. The lowest BCUT2D eigenvalue weighted by molar-refractivity contribution is -0.173. The third-order valence-corrected chi connectivity index (χ3v) is 3.03. The maximum Gasteiger partial charge on any atom is 0.373 e. The lowest BCUT2D eigenvalue weighted by Gasteiger charge is -2.11. The van der Waals surface area contributed by atoms with Crippen LogP contribution in [-0.4, -0.2) is 23.5 Å². The summed E-state index contributed by atoms with van der Waals surface area (Å²) in [5.41, 5.74) is 0. The predicted molar refractivity (Wildman–Crippen MR) is 59.9 cm³/mol. The maximum atomic E-state index is 11.0. The van der Waals surface area contributed by atoms with Gasteiger partial charge in [-0.05, 0) is 12.3 Å². The van der Waals surface area contributed by atoms with Crippen molar-refractivity contribution in [3.63, 3.8) is 0 Å². The van der Waals surface area contributed by atoms with Gasteiger partial charge in [-0.1, -0.05) is 33.1 Å². The van der Waals surface area contributed by atoms with Gasteiger partial charge < -0.3 is 10.00 Å². The molecule has 0 aliphatic carbocycles. The number of hydrogen-bond donors (Lipinski definition) is 1. The number of carbonyl (C=O) groups is 1. The van der Waals surface area contributed by atoms with Crippen molar-refractivity contribution in [1.29, 1.82) is 0 Å². The second kappa shape index (κ2) is 8.84. The van der Waals surface area contributed by atoms with Crippen LogP contribution in [0.25, 0.3) is 0 Å². The largest absolute Gasteiger partial charge is 0.603 e. The Labute approximate surface area is 91.8 Å². The summed E-state index contributed by atoms with van der Waals surface area (Å²) in [6.45, 7) is 4.55. The minimum Gasteiger partial charge on any atom is -0.603 e. The van der Waals surface area contributed by atoms with Crippen molar-refractivity contribution in [2.24, 2.45) is 5.92 Å². The van der Waals surface area contributed by atoms with Crippen LogP contribution in [0.15, 0.2) is 0 Å². The van der Waals surface area contributed by atoms with Crippen molar-refractivity contribution in [3.8, 4) is 0 Å². The van der Waals surface area contributed by atoms with E-state index in [1.165, 1.54) is 0 Å². The summed E-state index contributed by atoms with van der Waals surface area (Å²) in [7, 11) is -2.15. The van der Waals surface area contributed by atoms with Crippen molar-refractivity contribution in [1.82, 2.24) is 0 Å². The molecule has 0 aromatic rings. The van der Waals surface area contributed by atoms with Crippen molar-refractivity contribution >= 4 is 19.8 Å². The summed E-state index contributed by atoms with van der Waals surface area (Å²) in [5.74, 6) is -0.120. The molecule has 0 saturated heterocycles. The zero-order valence-corrected chi connectivity index (χ0v) is 10.2. The highest BCUT2D eigenvalue weighted by Gasteiger charge is 2.10. The molecule has 5 heteroatoms. The Bertz CT molecular complexity index is 215. The van der Waals surface area contributed by atoms with Gasteiger partial charge in [0.2, 0.25) is 13.8 Å². The summed E-state index contributed by atoms with van der Waals surface area (Å²) >= 11 is 0. The molecule has 0 spiro atoms. The molecule has 0 saturated carbocycles. The third-order valence-electron chi connectivity index (χ3n) is 2.20. The van der Waals surface area contributed by atoms with Crippen molar-refractivity contribution < 1.29 is 19.3 Å². The molecular formula is C10H19O4P. The van der Waals surface area contributed by atoms with Gasteiger partial charge in [0, 0.05) is 0 Å². The standard InChI is InChI=1S/C10H19O4P/c1-3-5-6-9(4-2)7-14-15(13)8-10(11)12/h8-9H,3-7H2,1-2H3,(H,11,12). The first-order valence-electron chi connectivity index (χ1n) is 5.27. The van der Waals surface area contributed by atoms with Gasteiger partial charge in [-0.2, -0.15) is 4.52 Å². The van der Waals surface area contributed by atoms with Crippen molar-refractivity contribution in [3.05, 3.63) is 0 Å².